The quantitative estimate of drug-likeness (QED) is 0.918. The lowest BCUT2D eigenvalue weighted by atomic mass is 9.80. The Hall–Kier alpha value is -2.43. The van der Waals surface area contributed by atoms with Crippen molar-refractivity contribution in [3.05, 3.63) is 47.3 Å². The summed E-state index contributed by atoms with van der Waals surface area (Å²) < 4.78 is 0. The van der Waals surface area contributed by atoms with Gasteiger partial charge in [-0.2, -0.15) is 0 Å². The molecule has 1 aromatic carbocycles. The number of nitrogens with zero attached hydrogens (tertiary/aromatic N) is 3. The van der Waals surface area contributed by atoms with E-state index in [2.05, 4.69) is 54.3 Å². The van der Waals surface area contributed by atoms with Crippen LogP contribution in [0.2, 0.25) is 0 Å². The molecule has 5 heteroatoms. The van der Waals surface area contributed by atoms with E-state index in [0.29, 0.717) is 5.95 Å². The Balaban J connectivity index is 2.09. The minimum absolute atomic E-state index is 0.0669. The Labute approximate surface area is 149 Å². The second kappa shape index (κ2) is 6.82. The SMILES string of the molecule is CCC1C(C)C(Nc2nccc(C)n2)c2cc(C)ccc2N1C(C)=O. The second-order valence-electron chi connectivity index (χ2n) is 6.93. The van der Waals surface area contributed by atoms with Crippen molar-refractivity contribution in [2.75, 3.05) is 10.2 Å². The number of hydrogen-bond donors (Lipinski definition) is 1. The smallest absolute Gasteiger partial charge is 0.224 e. The monoisotopic (exact) mass is 338 g/mol. The van der Waals surface area contributed by atoms with E-state index in [1.165, 1.54) is 5.56 Å². The molecule has 2 aromatic rings. The summed E-state index contributed by atoms with van der Waals surface area (Å²) in [5, 5.41) is 3.52. The number of nitrogens with one attached hydrogen (secondary N) is 1. The van der Waals surface area contributed by atoms with Crippen LogP contribution in [0.25, 0.3) is 0 Å². The first-order chi connectivity index (χ1) is 11.9. The fraction of sp³-hybridized carbons (Fsp3) is 0.450. The zero-order valence-electron chi connectivity index (χ0n) is 15.6. The predicted octanol–water partition coefficient (Wildman–Crippen LogP) is 4.03. The van der Waals surface area contributed by atoms with Gasteiger partial charge < -0.3 is 10.2 Å². The lowest BCUT2D eigenvalue weighted by molar-refractivity contribution is -0.117. The van der Waals surface area contributed by atoms with E-state index in [1.54, 1.807) is 13.1 Å². The van der Waals surface area contributed by atoms with Crippen molar-refractivity contribution in [1.82, 2.24) is 9.97 Å². The van der Waals surface area contributed by atoms with Crippen molar-refractivity contribution in [3.8, 4) is 0 Å². The number of aryl methyl sites for hydroxylation is 2. The van der Waals surface area contributed by atoms with E-state index in [0.717, 1.165) is 23.4 Å². The summed E-state index contributed by atoms with van der Waals surface area (Å²) >= 11 is 0. The van der Waals surface area contributed by atoms with Gasteiger partial charge in [-0.25, -0.2) is 9.97 Å². The van der Waals surface area contributed by atoms with Crippen LogP contribution in [0.4, 0.5) is 11.6 Å². The molecular formula is C20H26N4O. The number of amides is 1. The highest BCUT2D eigenvalue weighted by molar-refractivity contribution is 5.94. The minimum Gasteiger partial charge on any atom is -0.347 e. The minimum atomic E-state index is 0.0669. The first-order valence-corrected chi connectivity index (χ1v) is 8.89. The number of carbonyl (C=O) groups is 1. The van der Waals surface area contributed by atoms with Gasteiger partial charge in [0.1, 0.15) is 0 Å². The van der Waals surface area contributed by atoms with Gasteiger partial charge in [0.25, 0.3) is 0 Å². The van der Waals surface area contributed by atoms with Crippen LogP contribution in [-0.4, -0.2) is 21.9 Å². The van der Waals surface area contributed by atoms with Crippen LogP contribution in [-0.2, 0) is 4.79 Å². The van der Waals surface area contributed by atoms with Gasteiger partial charge in [-0.15, -0.1) is 0 Å². The van der Waals surface area contributed by atoms with Gasteiger partial charge in [-0.1, -0.05) is 31.5 Å². The molecule has 0 fully saturated rings. The molecule has 1 aliphatic rings. The van der Waals surface area contributed by atoms with Crippen molar-refractivity contribution in [2.24, 2.45) is 5.92 Å². The Morgan fingerprint density at radius 3 is 2.68 bits per heavy atom. The van der Waals surface area contributed by atoms with E-state index in [9.17, 15) is 4.79 Å². The summed E-state index contributed by atoms with van der Waals surface area (Å²) in [6.45, 7) is 10.0. The maximum Gasteiger partial charge on any atom is 0.224 e. The molecule has 0 bridgehead atoms. The van der Waals surface area contributed by atoms with E-state index < -0.39 is 0 Å². The van der Waals surface area contributed by atoms with Gasteiger partial charge in [-0.3, -0.25) is 4.79 Å². The Morgan fingerprint density at radius 2 is 2.04 bits per heavy atom. The van der Waals surface area contributed by atoms with Gasteiger partial charge in [0.2, 0.25) is 11.9 Å². The average molecular weight is 338 g/mol. The molecule has 3 rings (SSSR count). The van der Waals surface area contributed by atoms with Gasteiger partial charge >= 0.3 is 0 Å². The van der Waals surface area contributed by atoms with Crippen LogP contribution < -0.4 is 10.2 Å². The normalized spacial score (nSPS) is 22.4. The zero-order valence-corrected chi connectivity index (χ0v) is 15.6. The molecule has 1 aliphatic heterocycles. The number of anilines is 2. The van der Waals surface area contributed by atoms with Crippen LogP contribution in [0.1, 0.15) is 50.1 Å². The molecule has 132 valence electrons. The molecule has 5 nitrogen and oxygen atoms in total. The van der Waals surface area contributed by atoms with Gasteiger partial charge in [0, 0.05) is 36.5 Å². The van der Waals surface area contributed by atoms with Crippen LogP contribution in [0, 0.1) is 19.8 Å². The molecule has 0 aliphatic carbocycles. The van der Waals surface area contributed by atoms with Crippen molar-refractivity contribution < 1.29 is 4.79 Å². The molecule has 1 amide bonds. The summed E-state index contributed by atoms with van der Waals surface area (Å²) in [4.78, 5) is 23.2. The fourth-order valence-corrected chi connectivity index (χ4v) is 3.89. The summed E-state index contributed by atoms with van der Waals surface area (Å²) in [7, 11) is 0. The van der Waals surface area contributed by atoms with E-state index in [1.807, 2.05) is 17.9 Å². The third kappa shape index (κ3) is 3.23. The number of benzene rings is 1. The fourth-order valence-electron chi connectivity index (χ4n) is 3.89. The average Bonchev–Trinajstić information content (AvgIpc) is 2.56. The standard InChI is InChI=1S/C20H26N4O/c1-6-17-14(4)19(23-20-21-10-9-13(3)22-20)16-11-12(2)7-8-18(16)24(17)15(5)25/h7-11,14,17,19H,6H2,1-5H3,(H,21,22,23). The summed E-state index contributed by atoms with van der Waals surface area (Å²) in [5.41, 5.74) is 4.25. The Morgan fingerprint density at radius 1 is 1.28 bits per heavy atom. The van der Waals surface area contributed by atoms with Crippen LogP contribution >= 0.6 is 0 Å². The molecule has 1 N–H and O–H groups in total. The molecule has 0 saturated heterocycles. The molecule has 0 radical (unpaired) electrons. The number of aromatic nitrogens is 2. The van der Waals surface area contributed by atoms with Gasteiger partial charge in [0.15, 0.2) is 0 Å². The molecule has 0 spiro atoms. The molecule has 3 atom stereocenters. The third-order valence-electron chi connectivity index (χ3n) is 5.08. The Bertz CT molecular complexity index is 789. The predicted molar refractivity (Wildman–Crippen MR) is 101 cm³/mol. The number of carbonyl (C=O) groups excluding carboxylic acids is 1. The van der Waals surface area contributed by atoms with Crippen LogP contribution in [0.15, 0.2) is 30.5 Å². The molecule has 2 heterocycles. The van der Waals surface area contributed by atoms with Crippen LogP contribution in [0.3, 0.4) is 0 Å². The first kappa shape index (κ1) is 17.4. The van der Waals surface area contributed by atoms with Crippen LogP contribution in [0.5, 0.6) is 0 Å². The van der Waals surface area contributed by atoms with E-state index in [4.69, 9.17) is 0 Å². The lowest BCUT2D eigenvalue weighted by Crippen LogP contribution is -2.49. The van der Waals surface area contributed by atoms with Crippen molar-refractivity contribution in [1.29, 1.82) is 0 Å². The van der Waals surface area contributed by atoms with E-state index >= 15 is 0 Å². The molecule has 25 heavy (non-hydrogen) atoms. The number of fused-ring (bicyclic) bond motifs is 1. The maximum atomic E-state index is 12.4. The molecule has 0 saturated carbocycles. The summed E-state index contributed by atoms with van der Waals surface area (Å²) in [5.74, 6) is 0.969. The topological polar surface area (TPSA) is 58.1 Å². The van der Waals surface area contributed by atoms with Crippen molar-refractivity contribution in [3.63, 3.8) is 0 Å². The van der Waals surface area contributed by atoms with Gasteiger partial charge in [-0.05, 0) is 38.0 Å². The number of rotatable bonds is 3. The largest absolute Gasteiger partial charge is 0.347 e. The molecule has 3 unspecified atom stereocenters. The third-order valence-corrected chi connectivity index (χ3v) is 5.08. The van der Waals surface area contributed by atoms with E-state index in [-0.39, 0.29) is 23.9 Å². The molecule has 1 aromatic heterocycles. The second-order valence-corrected chi connectivity index (χ2v) is 6.93. The summed E-state index contributed by atoms with van der Waals surface area (Å²) in [6, 6.07) is 8.40. The zero-order chi connectivity index (χ0) is 18.1. The summed E-state index contributed by atoms with van der Waals surface area (Å²) in [6.07, 6.45) is 2.68. The number of hydrogen-bond acceptors (Lipinski definition) is 4. The highest BCUT2D eigenvalue weighted by Crippen LogP contribution is 2.43. The Kier molecular flexibility index (Phi) is 4.75. The van der Waals surface area contributed by atoms with Crippen molar-refractivity contribution >= 4 is 17.5 Å². The highest BCUT2D eigenvalue weighted by Gasteiger charge is 2.39. The van der Waals surface area contributed by atoms with Gasteiger partial charge in [0.05, 0.1) is 6.04 Å². The maximum absolute atomic E-state index is 12.4. The lowest BCUT2D eigenvalue weighted by Gasteiger charge is -2.45. The van der Waals surface area contributed by atoms with Crippen molar-refractivity contribution in [2.45, 2.75) is 53.1 Å². The molecular weight excluding hydrogens is 312 g/mol. The highest BCUT2D eigenvalue weighted by atomic mass is 16.2. The first-order valence-electron chi connectivity index (χ1n) is 8.89.